The van der Waals surface area contributed by atoms with E-state index < -0.39 is 0 Å². The third-order valence-corrected chi connectivity index (χ3v) is 2.69. The first-order chi connectivity index (χ1) is 9.83. The summed E-state index contributed by atoms with van der Waals surface area (Å²) < 4.78 is 11.3. The van der Waals surface area contributed by atoms with Crippen molar-refractivity contribution in [2.45, 2.75) is 6.61 Å². The lowest BCUT2D eigenvalue weighted by atomic mass is 10.2. The molecule has 0 aliphatic rings. The molecule has 0 fully saturated rings. The van der Waals surface area contributed by atoms with Crippen molar-refractivity contribution in [2.24, 2.45) is 5.73 Å². The van der Waals surface area contributed by atoms with E-state index in [0.29, 0.717) is 36.8 Å². The number of nitrogens with zero attached hydrogens (tertiary/aromatic N) is 1. The van der Waals surface area contributed by atoms with E-state index in [4.69, 9.17) is 20.5 Å². The van der Waals surface area contributed by atoms with Crippen molar-refractivity contribution in [1.29, 1.82) is 5.26 Å². The van der Waals surface area contributed by atoms with Crippen LogP contribution < -0.4 is 15.2 Å². The molecule has 0 radical (unpaired) electrons. The van der Waals surface area contributed by atoms with Gasteiger partial charge in [-0.25, -0.2) is 0 Å². The summed E-state index contributed by atoms with van der Waals surface area (Å²) in [6.45, 7) is 1.25. The quantitative estimate of drug-likeness (QED) is 0.891. The van der Waals surface area contributed by atoms with Crippen LogP contribution in [0.3, 0.4) is 0 Å². The van der Waals surface area contributed by atoms with Crippen LogP contribution in [0.25, 0.3) is 0 Å². The topological polar surface area (TPSA) is 68.3 Å². The summed E-state index contributed by atoms with van der Waals surface area (Å²) in [5.74, 6) is 1.16. The number of halogens is 1. The highest BCUT2D eigenvalue weighted by atomic mass is 35.5. The van der Waals surface area contributed by atoms with Crippen LogP contribution in [0, 0.1) is 11.3 Å². The number of nitriles is 1. The molecular formula is C16H17ClN2O2. The predicted octanol–water partition coefficient (Wildman–Crippen LogP) is 2.90. The minimum absolute atomic E-state index is 0. The van der Waals surface area contributed by atoms with Gasteiger partial charge in [0.15, 0.2) is 11.5 Å². The summed E-state index contributed by atoms with van der Waals surface area (Å²) in [6, 6.07) is 17.1. The minimum atomic E-state index is 0. The number of nitrogens with two attached hydrogens (primary N) is 1. The van der Waals surface area contributed by atoms with Crippen LogP contribution in [0.1, 0.15) is 11.1 Å². The van der Waals surface area contributed by atoms with E-state index in [1.807, 2.05) is 30.3 Å². The highest BCUT2D eigenvalue weighted by Gasteiger charge is 2.07. The Labute approximate surface area is 130 Å². The van der Waals surface area contributed by atoms with Gasteiger partial charge in [0.1, 0.15) is 13.2 Å². The third kappa shape index (κ3) is 4.99. The van der Waals surface area contributed by atoms with Crippen molar-refractivity contribution < 1.29 is 9.47 Å². The van der Waals surface area contributed by atoms with Crippen molar-refractivity contribution in [3.05, 3.63) is 59.7 Å². The van der Waals surface area contributed by atoms with Crippen LogP contribution in [0.4, 0.5) is 0 Å². The molecule has 2 aromatic rings. The summed E-state index contributed by atoms with van der Waals surface area (Å²) in [5.41, 5.74) is 7.03. The molecule has 0 saturated heterocycles. The Hall–Kier alpha value is -2.22. The molecule has 5 heteroatoms. The van der Waals surface area contributed by atoms with Gasteiger partial charge in [-0.15, -0.1) is 12.4 Å². The van der Waals surface area contributed by atoms with Crippen LogP contribution in [0.2, 0.25) is 0 Å². The third-order valence-electron chi connectivity index (χ3n) is 2.69. The van der Waals surface area contributed by atoms with E-state index in [1.54, 1.807) is 18.2 Å². The van der Waals surface area contributed by atoms with Gasteiger partial charge < -0.3 is 15.2 Å². The van der Waals surface area contributed by atoms with Crippen LogP contribution in [0.15, 0.2) is 48.5 Å². The highest BCUT2D eigenvalue weighted by molar-refractivity contribution is 5.85. The fourth-order valence-corrected chi connectivity index (χ4v) is 1.71. The van der Waals surface area contributed by atoms with Crippen molar-refractivity contribution in [1.82, 2.24) is 0 Å². The van der Waals surface area contributed by atoms with Gasteiger partial charge in [0, 0.05) is 12.6 Å². The molecule has 0 spiro atoms. The SMILES string of the molecule is Cl.N#Cc1ccc(OCc2ccccc2)c(OCCN)c1. The van der Waals surface area contributed by atoms with Crippen LogP contribution in [0.5, 0.6) is 11.5 Å². The molecule has 4 nitrogen and oxygen atoms in total. The van der Waals surface area contributed by atoms with Gasteiger partial charge >= 0.3 is 0 Å². The Bertz CT molecular complexity index is 597. The summed E-state index contributed by atoms with van der Waals surface area (Å²) in [5, 5.41) is 8.92. The number of hydrogen-bond acceptors (Lipinski definition) is 4. The Morgan fingerprint density at radius 1 is 1.00 bits per heavy atom. The van der Waals surface area contributed by atoms with Crippen LogP contribution >= 0.6 is 12.4 Å². The van der Waals surface area contributed by atoms with Crippen LogP contribution in [-0.2, 0) is 6.61 Å². The van der Waals surface area contributed by atoms with E-state index in [-0.39, 0.29) is 12.4 Å². The first kappa shape index (κ1) is 16.8. The molecule has 0 aromatic heterocycles. The molecule has 0 bridgehead atoms. The summed E-state index contributed by atoms with van der Waals surface area (Å²) in [4.78, 5) is 0. The molecule has 21 heavy (non-hydrogen) atoms. The Balaban J connectivity index is 0.00000220. The molecule has 110 valence electrons. The second-order valence-corrected chi connectivity index (χ2v) is 4.18. The van der Waals surface area contributed by atoms with Crippen LogP contribution in [-0.4, -0.2) is 13.2 Å². The molecule has 0 saturated carbocycles. The van der Waals surface area contributed by atoms with Gasteiger partial charge in [-0.2, -0.15) is 5.26 Å². The van der Waals surface area contributed by atoms with E-state index in [1.165, 1.54) is 0 Å². The number of rotatable bonds is 6. The second kappa shape index (κ2) is 8.85. The number of benzene rings is 2. The summed E-state index contributed by atoms with van der Waals surface area (Å²) in [6.07, 6.45) is 0. The maximum absolute atomic E-state index is 8.92. The Morgan fingerprint density at radius 2 is 1.76 bits per heavy atom. The van der Waals surface area contributed by atoms with Crippen molar-refractivity contribution in [2.75, 3.05) is 13.2 Å². The van der Waals surface area contributed by atoms with Gasteiger partial charge in [0.2, 0.25) is 0 Å². The summed E-state index contributed by atoms with van der Waals surface area (Å²) >= 11 is 0. The lowest BCUT2D eigenvalue weighted by Gasteiger charge is -2.12. The second-order valence-electron chi connectivity index (χ2n) is 4.18. The van der Waals surface area contributed by atoms with E-state index >= 15 is 0 Å². The smallest absolute Gasteiger partial charge is 0.162 e. The first-order valence-corrected chi connectivity index (χ1v) is 6.37. The molecule has 0 aliphatic carbocycles. The zero-order valence-corrected chi connectivity index (χ0v) is 12.3. The molecule has 2 N–H and O–H groups in total. The lowest BCUT2D eigenvalue weighted by molar-refractivity contribution is 0.266. The van der Waals surface area contributed by atoms with Crippen molar-refractivity contribution in [3.63, 3.8) is 0 Å². The largest absolute Gasteiger partial charge is 0.488 e. The van der Waals surface area contributed by atoms with Gasteiger partial charge in [0.25, 0.3) is 0 Å². The molecule has 0 aliphatic heterocycles. The van der Waals surface area contributed by atoms with E-state index in [2.05, 4.69) is 6.07 Å². The highest BCUT2D eigenvalue weighted by Crippen LogP contribution is 2.29. The molecule has 2 aromatic carbocycles. The molecular weight excluding hydrogens is 288 g/mol. The van der Waals surface area contributed by atoms with Gasteiger partial charge in [-0.3, -0.25) is 0 Å². The van der Waals surface area contributed by atoms with Gasteiger partial charge in [-0.1, -0.05) is 30.3 Å². The summed E-state index contributed by atoms with van der Waals surface area (Å²) in [7, 11) is 0. The molecule has 0 amide bonds. The van der Waals surface area contributed by atoms with E-state index in [9.17, 15) is 0 Å². The monoisotopic (exact) mass is 304 g/mol. The minimum Gasteiger partial charge on any atom is -0.488 e. The van der Waals surface area contributed by atoms with Gasteiger partial charge in [-0.05, 0) is 17.7 Å². The van der Waals surface area contributed by atoms with Crippen molar-refractivity contribution in [3.8, 4) is 17.6 Å². The molecule has 0 unspecified atom stereocenters. The van der Waals surface area contributed by atoms with E-state index in [0.717, 1.165) is 5.56 Å². The standard InChI is InChI=1S/C16H16N2O2.ClH/c17-8-9-19-16-10-14(11-18)6-7-15(16)20-12-13-4-2-1-3-5-13;/h1-7,10H,8-9,12,17H2;1H. The number of ether oxygens (including phenoxy) is 2. The average molecular weight is 305 g/mol. The zero-order chi connectivity index (χ0) is 14.2. The fourth-order valence-electron chi connectivity index (χ4n) is 1.71. The Morgan fingerprint density at radius 3 is 2.43 bits per heavy atom. The predicted molar refractivity (Wildman–Crippen MR) is 83.7 cm³/mol. The Kier molecular flexibility index (Phi) is 7.10. The lowest BCUT2D eigenvalue weighted by Crippen LogP contribution is -2.11. The maximum atomic E-state index is 8.92. The average Bonchev–Trinajstić information content (AvgIpc) is 2.52. The van der Waals surface area contributed by atoms with Gasteiger partial charge in [0.05, 0.1) is 11.6 Å². The molecule has 0 heterocycles. The zero-order valence-electron chi connectivity index (χ0n) is 11.5. The number of hydrogen-bond donors (Lipinski definition) is 1. The first-order valence-electron chi connectivity index (χ1n) is 6.37. The molecule has 2 rings (SSSR count). The maximum Gasteiger partial charge on any atom is 0.162 e. The fraction of sp³-hybridized carbons (Fsp3) is 0.188. The molecule has 0 atom stereocenters. The van der Waals surface area contributed by atoms with Crippen molar-refractivity contribution >= 4 is 12.4 Å². The normalized spacial score (nSPS) is 9.33.